The number of ether oxygens (including phenoxy) is 1. The van der Waals surface area contributed by atoms with E-state index in [9.17, 15) is 14.9 Å². The molecular weight excluding hydrogens is 302 g/mol. The normalized spacial score (nSPS) is 10.6. The molecule has 0 atom stereocenters. The van der Waals surface area contributed by atoms with Crippen molar-refractivity contribution in [1.29, 1.82) is 0 Å². The summed E-state index contributed by atoms with van der Waals surface area (Å²) in [5.41, 5.74) is 1.21. The van der Waals surface area contributed by atoms with E-state index in [0.29, 0.717) is 11.3 Å². The number of nitrogens with one attached hydrogen (secondary N) is 1. The molecule has 0 bridgehead atoms. The lowest BCUT2D eigenvalue weighted by molar-refractivity contribution is -0.385. The lowest BCUT2D eigenvalue weighted by Gasteiger charge is -2.06. The van der Waals surface area contributed by atoms with Crippen molar-refractivity contribution in [3.8, 4) is 5.75 Å². The van der Waals surface area contributed by atoms with Crippen molar-refractivity contribution in [3.05, 3.63) is 45.6 Å². The van der Waals surface area contributed by atoms with Crippen LogP contribution >= 0.6 is 0 Å². The number of anilines is 1. The van der Waals surface area contributed by atoms with Gasteiger partial charge in [0.05, 0.1) is 10.6 Å². The zero-order chi connectivity index (χ0) is 17.0. The van der Waals surface area contributed by atoms with Crippen LogP contribution in [0.4, 0.5) is 11.6 Å². The summed E-state index contributed by atoms with van der Waals surface area (Å²) in [4.78, 5) is 22.1. The van der Waals surface area contributed by atoms with Gasteiger partial charge in [-0.05, 0) is 25.0 Å². The Labute approximate surface area is 132 Å². The number of aryl methyl sites for hydroxylation is 1. The second-order valence-electron chi connectivity index (χ2n) is 5.31. The van der Waals surface area contributed by atoms with Crippen molar-refractivity contribution in [2.45, 2.75) is 26.7 Å². The van der Waals surface area contributed by atoms with Crippen LogP contribution in [0.15, 0.2) is 28.8 Å². The molecule has 0 saturated heterocycles. The summed E-state index contributed by atoms with van der Waals surface area (Å²) in [6.07, 6.45) is 0. The lowest BCUT2D eigenvalue weighted by atomic mass is 10.1. The van der Waals surface area contributed by atoms with Crippen LogP contribution < -0.4 is 10.1 Å². The summed E-state index contributed by atoms with van der Waals surface area (Å²) in [6, 6.07) is 5.95. The van der Waals surface area contributed by atoms with Crippen molar-refractivity contribution >= 4 is 17.5 Å². The van der Waals surface area contributed by atoms with Gasteiger partial charge < -0.3 is 9.26 Å². The third-order valence-electron chi connectivity index (χ3n) is 3.12. The number of aromatic nitrogens is 1. The van der Waals surface area contributed by atoms with Crippen LogP contribution in [-0.2, 0) is 4.79 Å². The first-order valence-electron chi connectivity index (χ1n) is 7.01. The van der Waals surface area contributed by atoms with Crippen LogP contribution in [0.3, 0.4) is 0 Å². The number of hydrogen-bond acceptors (Lipinski definition) is 6. The van der Waals surface area contributed by atoms with Crippen LogP contribution in [0.1, 0.15) is 31.0 Å². The zero-order valence-electron chi connectivity index (χ0n) is 13.0. The summed E-state index contributed by atoms with van der Waals surface area (Å²) >= 11 is 0. The Kier molecular flexibility index (Phi) is 4.95. The van der Waals surface area contributed by atoms with Crippen molar-refractivity contribution < 1.29 is 19.0 Å². The van der Waals surface area contributed by atoms with E-state index in [0.717, 1.165) is 5.69 Å². The molecule has 122 valence electrons. The highest BCUT2D eigenvalue weighted by atomic mass is 16.6. The molecule has 1 amide bonds. The lowest BCUT2D eigenvalue weighted by Crippen LogP contribution is -2.19. The number of amides is 1. The first-order valence-corrected chi connectivity index (χ1v) is 7.01. The maximum Gasteiger partial charge on any atom is 0.272 e. The average Bonchev–Trinajstić information content (AvgIpc) is 2.93. The maximum absolute atomic E-state index is 11.8. The molecule has 0 radical (unpaired) electrons. The number of nitro groups is 1. The minimum atomic E-state index is -0.470. The van der Waals surface area contributed by atoms with E-state index in [2.05, 4.69) is 10.5 Å². The van der Waals surface area contributed by atoms with E-state index in [1.807, 2.05) is 13.8 Å². The largest absolute Gasteiger partial charge is 0.484 e. The van der Waals surface area contributed by atoms with Crippen LogP contribution in [0.5, 0.6) is 5.75 Å². The molecule has 0 aliphatic heterocycles. The van der Waals surface area contributed by atoms with Crippen LogP contribution in [-0.4, -0.2) is 22.6 Å². The van der Waals surface area contributed by atoms with Gasteiger partial charge in [0.2, 0.25) is 5.88 Å². The third-order valence-corrected chi connectivity index (χ3v) is 3.12. The van der Waals surface area contributed by atoms with Gasteiger partial charge in [0.25, 0.3) is 11.6 Å². The van der Waals surface area contributed by atoms with Gasteiger partial charge in [-0.3, -0.25) is 20.2 Å². The number of carbonyl (C=O) groups excluding carboxylic acids is 1. The molecule has 2 rings (SSSR count). The fourth-order valence-electron chi connectivity index (χ4n) is 1.86. The number of nitro benzene ring substituents is 1. The summed E-state index contributed by atoms with van der Waals surface area (Å²) in [5, 5.41) is 17.1. The summed E-state index contributed by atoms with van der Waals surface area (Å²) in [5.74, 6) is 0.419. The molecule has 1 N–H and O–H groups in total. The Morgan fingerprint density at radius 2 is 2.17 bits per heavy atom. The molecule has 1 aromatic heterocycles. The molecule has 23 heavy (non-hydrogen) atoms. The van der Waals surface area contributed by atoms with Gasteiger partial charge in [-0.2, -0.15) is 0 Å². The van der Waals surface area contributed by atoms with Gasteiger partial charge in [0, 0.05) is 17.7 Å². The highest BCUT2D eigenvalue weighted by molar-refractivity contribution is 5.90. The van der Waals surface area contributed by atoms with E-state index >= 15 is 0 Å². The van der Waals surface area contributed by atoms with Gasteiger partial charge in [-0.25, -0.2) is 0 Å². The molecule has 0 fully saturated rings. The van der Waals surface area contributed by atoms with Gasteiger partial charge in [0.15, 0.2) is 6.61 Å². The quantitative estimate of drug-likeness (QED) is 0.647. The SMILES string of the molecule is Cc1cc(OCC(=O)Nc2cc(C(C)C)no2)ccc1[N+](=O)[O-]. The molecular formula is C15H17N3O5. The van der Waals surface area contributed by atoms with Crippen LogP contribution in [0.25, 0.3) is 0 Å². The number of rotatable bonds is 6. The predicted octanol–water partition coefficient (Wildman–Crippen LogP) is 3.03. The van der Waals surface area contributed by atoms with Gasteiger partial charge in [-0.15, -0.1) is 0 Å². The molecule has 0 spiro atoms. The highest BCUT2D eigenvalue weighted by Crippen LogP contribution is 2.23. The fraction of sp³-hybridized carbons (Fsp3) is 0.333. The van der Waals surface area contributed by atoms with E-state index in [1.54, 1.807) is 13.0 Å². The Bertz CT molecular complexity index is 724. The predicted molar refractivity (Wildman–Crippen MR) is 82.6 cm³/mol. The van der Waals surface area contributed by atoms with E-state index in [4.69, 9.17) is 9.26 Å². The van der Waals surface area contributed by atoms with Crippen LogP contribution in [0, 0.1) is 17.0 Å². The maximum atomic E-state index is 11.8. The Morgan fingerprint density at radius 3 is 2.74 bits per heavy atom. The second-order valence-corrected chi connectivity index (χ2v) is 5.31. The van der Waals surface area contributed by atoms with E-state index in [1.165, 1.54) is 18.2 Å². The number of benzene rings is 1. The topological polar surface area (TPSA) is 108 Å². The molecule has 0 saturated carbocycles. The van der Waals surface area contributed by atoms with Gasteiger partial charge in [-0.1, -0.05) is 19.0 Å². The zero-order valence-corrected chi connectivity index (χ0v) is 13.0. The minimum absolute atomic E-state index is 0.00433. The molecule has 0 unspecified atom stereocenters. The molecule has 1 heterocycles. The van der Waals surface area contributed by atoms with Crippen molar-refractivity contribution in [2.75, 3.05) is 11.9 Å². The van der Waals surface area contributed by atoms with Crippen molar-refractivity contribution in [1.82, 2.24) is 5.16 Å². The molecule has 8 nitrogen and oxygen atoms in total. The molecule has 1 aromatic carbocycles. The first kappa shape index (κ1) is 16.5. The number of nitrogens with zero attached hydrogens (tertiary/aromatic N) is 2. The smallest absolute Gasteiger partial charge is 0.272 e. The molecule has 0 aliphatic rings. The Balaban J connectivity index is 1.91. The Morgan fingerprint density at radius 1 is 1.43 bits per heavy atom. The molecule has 0 aliphatic carbocycles. The van der Waals surface area contributed by atoms with E-state index < -0.39 is 10.8 Å². The average molecular weight is 319 g/mol. The molecule has 8 heteroatoms. The third kappa shape index (κ3) is 4.29. The van der Waals surface area contributed by atoms with Crippen molar-refractivity contribution in [3.63, 3.8) is 0 Å². The summed E-state index contributed by atoms with van der Waals surface area (Å²) in [6.45, 7) is 5.29. The van der Waals surface area contributed by atoms with Gasteiger partial charge >= 0.3 is 0 Å². The van der Waals surface area contributed by atoms with Gasteiger partial charge in [0.1, 0.15) is 5.75 Å². The number of hydrogen-bond donors (Lipinski definition) is 1. The highest BCUT2D eigenvalue weighted by Gasteiger charge is 2.13. The van der Waals surface area contributed by atoms with Crippen LogP contribution in [0.2, 0.25) is 0 Å². The standard InChI is InChI=1S/C15H17N3O5/c1-9(2)12-7-15(23-17-12)16-14(19)8-22-11-4-5-13(18(20)21)10(3)6-11/h4-7,9H,8H2,1-3H3,(H,16,19). The second kappa shape index (κ2) is 6.91. The fourth-order valence-corrected chi connectivity index (χ4v) is 1.86. The summed E-state index contributed by atoms with van der Waals surface area (Å²) < 4.78 is 10.3. The van der Waals surface area contributed by atoms with E-state index in [-0.39, 0.29) is 24.1 Å². The number of carbonyl (C=O) groups is 1. The van der Waals surface area contributed by atoms with Crippen molar-refractivity contribution in [2.24, 2.45) is 0 Å². The monoisotopic (exact) mass is 319 g/mol. The summed E-state index contributed by atoms with van der Waals surface area (Å²) in [7, 11) is 0. The molecule has 2 aromatic rings. The Hall–Kier alpha value is -2.90. The minimum Gasteiger partial charge on any atom is -0.484 e. The first-order chi connectivity index (χ1) is 10.9.